The fourth-order valence-corrected chi connectivity index (χ4v) is 3.55. The number of para-hydroxylation sites is 1. The standard InChI is InChI=1S/C22H30N4O/c1-17(2)19-8-6-7-18(3)22(19)24-21(27)10-12-25-13-15-26(16-14-25)20-9-4-5-11-23-20/h4-9,11,17H,10,12-16H2,1-3H3,(H,24,27). The lowest BCUT2D eigenvalue weighted by atomic mass is 9.98. The van der Waals surface area contributed by atoms with Crippen molar-refractivity contribution in [3.63, 3.8) is 0 Å². The molecule has 5 heteroatoms. The second-order valence-electron chi connectivity index (χ2n) is 7.51. The van der Waals surface area contributed by atoms with Gasteiger partial charge in [0.2, 0.25) is 5.91 Å². The van der Waals surface area contributed by atoms with Gasteiger partial charge in [0.05, 0.1) is 0 Å². The predicted octanol–water partition coefficient (Wildman–Crippen LogP) is 3.66. The molecule has 1 fully saturated rings. The molecule has 1 amide bonds. The molecule has 0 spiro atoms. The van der Waals surface area contributed by atoms with Gasteiger partial charge >= 0.3 is 0 Å². The Morgan fingerprint density at radius 1 is 1.11 bits per heavy atom. The highest BCUT2D eigenvalue weighted by molar-refractivity contribution is 5.92. The van der Waals surface area contributed by atoms with Crippen LogP contribution in [0.1, 0.15) is 37.3 Å². The van der Waals surface area contributed by atoms with E-state index in [1.165, 1.54) is 5.56 Å². The number of benzene rings is 1. The fraction of sp³-hybridized carbons (Fsp3) is 0.455. The van der Waals surface area contributed by atoms with Crippen LogP contribution >= 0.6 is 0 Å². The van der Waals surface area contributed by atoms with Crippen LogP contribution in [0.15, 0.2) is 42.6 Å². The number of carbonyl (C=O) groups excluding carboxylic acids is 1. The number of carbonyl (C=O) groups is 1. The minimum atomic E-state index is 0.0957. The van der Waals surface area contributed by atoms with Gasteiger partial charge in [0, 0.05) is 51.0 Å². The fourth-order valence-electron chi connectivity index (χ4n) is 3.55. The van der Waals surface area contributed by atoms with E-state index in [4.69, 9.17) is 0 Å². The van der Waals surface area contributed by atoms with Crippen LogP contribution in [0.2, 0.25) is 0 Å². The number of hydrogen-bond donors (Lipinski definition) is 1. The van der Waals surface area contributed by atoms with Gasteiger partial charge in [0.1, 0.15) is 5.82 Å². The van der Waals surface area contributed by atoms with Crippen molar-refractivity contribution in [2.45, 2.75) is 33.1 Å². The van der Waals surface area contributed by atoms with Gasteiger partial charge in [0.15, 0.2) is 0 Å². The maximum absolute atomic E-state index is 12.5. The van der Waals surface area contributed by atoms with Gasteiger partial charge < -0.3 is 10.2 Å². The second kappa shape index (κ2) is 9.00. The average Bonchev–Trinajstić information content (AvgIpc) is 2.69. The van der Waals surface area contributed by atoms with Crippen molar-refractivity contribution >= 4 is 17.4 Å². The molecule has 5 nitrogen and oxygen atoms in total. The predicted molar refractivity (Wildman–Crippen MR) is 111 cm³/mol. The van der Waals surface area contributed by atoms with E-state index in [0.29, 0.717) is 12.3 Å². The molecule has 0 atom stereocenters. The summed E-state index contributed by atoms with van der Waals surface area (Å²) in [6.07, 6.45) is 2.36. The van der Waals surface area contributed by atoms with Crippen LogP contribution < -0.4 is 10.2 Å². The highest BCUT2D eigenvalue weighted by Gasteiger charge is 2.19. The molecule has 1 aliphatic rings. The van der Waals surface area contributed by atoms with Crippen molar-refractivity contribution < 1.29 is 4.79 Å². The summed E-state index contributed by atoms with van der Waals surface area (Å²) in [6, 6.07) is 12.2. The molecule has 2 heterocycles. The molecule has 0 radical (unpaired) electrons. The first-order chi connectivity index (χ1) is 13.0. The van der Waals surface area contributed by atoms with Crippen LogP contribution in [0.4, 0.5) is 11.5 Å². The molecule has 1 aliphatic heterocycles. The first-order valence-corrected chi connectivity index (χ1v) is 9.82. The summed E-state index contributed by atoms with van der Waals surface area (Å²) in [5, 5.41) is 3.15. The van der Waals surface area contributed by atoms with E-state index in [-0.39, 0.29) is 5.91 Å². The molecule has 0 bridgehead atoms. The largest absolute Gasteiger partial charge is 0.354 e. The molecule has 27 heavy (non-hydrogen) atoms. The second-order valence-corrected chi connectivity index (χ2v) is 7.51. The summed E-state index contributed by atoms with van der Waals surface area (Å²) >= 11 is 0. The van der Waals surface area contributed by atoms with Gasteiger partial charge in [-0.1, -0.05) is 38.1 Å². The smallest absolute Gasteiger partial charge is 0.225 e. The first-order valence-electron chi connectivity index (χ1n) is 9.82. The zero-order valence-corrected chi connectivity index (χ0v) is 16.6. The number of aryl methyl sites for hydroxylation is 1. The number of rotatable bonds is 6. The van der Waals surface area contributed by atoms with Gasteiger partial charge in [-0.25, -0.2) is 4.98 Å². The van der Waals surface area contributed by atoms with Crippen LogP contribution in [0.5, 0.6) is 0 Å². The molecule has 0 aliphatic carbocycles. The van der Waals surface area contributed by atoms with E-state index in [9.17, 15) is 4.79 Å². The highest BCUT2D eigenvalue weighted by Crippen LogP contribution is 2.27. The molecule has 1 aromatic carbocycles. The molecule has 0 unspecified atom stereocenters. The quantitative estimate of drug-likeness (QED) is 0.847. The highest BCUT2D eigenvalue weighted by atomic mass is 16.1. The Morgan fingerprint density at radius 2 is 1.89 bits per heavy atom. The molecule has 0 saturated carbocycles. The Bertz CT molecular complexity index is 752. The molecule has 3 rings (SSSR count). The van der Waals surface area contributed by atoms with Gasteiger partial charge in [-0.3, -0.25) is 9.69 Å². The van der Waals surface area contributed by atoms with Crippen molar-refractivity contribution in [3.05, 3.63) is 53.7 Å². The van der Waals surface area contributed by atoms with E-state index in [1.807, 2.05) is 18.3 Å². The molecule has 1 saturated heterocycles. The van der Waals surface area contributed by atoms with Gasteiger partial charge in [-0.15, -0.1) is 0 Å². The number of hydrogen-bond acceptors (Lipinski definition) is 4. The van der Waals surface area contributed by atoms with Gasteiger partial charge in [-0.05, 0) is 36.1 Å². The summed E-state index contributed by atoms with van der Waals surface area (Å²) in [5.74, 6) is 1.52. The van der Waals surface area contributed by atoms with E-state index in [2.05, 4.69) is 65.1 Å². The van der Waals surface area contributed by atoms with E-state index in [1.54, 1.807) is 0 Å². The lowest BCUT2D eigenvalue weighted by molar-refractivity contribution is -0.116. The maximum Gasteiger partial charge on any atom is 0.225 e. The molecular formula is C22H30N4O. The number of anilines is 2. The van der Waals surface area contributed by atoms with E-state index < -0.39 is 0 Å². The van der Waals surface area contributed by atoms with Crippen molar-refractivity contribution in [1.82, 2.24) is 9.88 Å². The van der Waals surface area contributed by atoms with Crippen LogP contribution in [0.25, 0.3) is 0 Å². The summed E-state index contributed by atoms with van der Waals surface area (Å²) in [6.45, 7) is 11.0. The Morgan fingerprint density at radius 3 is 2.56 bits per heavy atom. The average molecular weight is 367 g/mol. The Kier molecular flexibility index (Phi) is 6.45. The summed E-state index contributed by atoms with van der Waals surface area (Å²) in [4.78, 5) is 21.6. The normalized spacial score (nSPS) is 15.2. The summed E-state index contributed by atoms with van der Waals surface area (Å²) in [5.41, 5.74) is 3.31. The lowest BCUT2D eigenvalue weighted by Crippen LogP contribution is -2.47. The number of nitrogens with zero attached hydrogens (tertiary/aromatic N) is 3. The first kappa shape index (κ1) is 19.4. The lowest BCUT2D eigenvalue weighted by Gasteiger charge is -2.35. The minimum Gasteiger partial charge on any atom is -0.354 e. The van der Waals surface area contributed by atoms with Crippen LogP contribution in [-0.4, -0.2) is 48.5 Å². The third kappa shape index (κ3) is 5.07. The number of aromatic nitrogens is 1. The number of amides is 1. The molecular weight excluding hydrogens is 336 g/mol. The van der Waals surface area contributed by atoms with Crippen molar-refractivity contribution in [2.24, 2.45) is 0 Å². The number of nitrogens with one attached hydrogen (secondary N) is 1. The number of piperazine rings is 1. The van der Waals surface area contributed by atoms with Crippen LogP contribution in [0, 0.1) is 6.92 Å². The van der Waals surface area contributed by atoms with Crippen molar-refractivity contribution in [2.75, 3.05) is 42.9 Å². The number of pyridine rings is 1. The molecule has 2 aromatic rings. The molecule has 1 aromatic heterocycles. The molecule has 1 N–H and O–H groups in total. The zero-order chi connectivity index (χ0) is 19.2. The SMILES string of the molecule is Cc1cccc(C(C)C)c1NC(=O)CCN1CCN(c2ccccn2)CC1. The van der Waals surface area contributed by atoms with Gasteiger partial charge in [-0.2, -0.15) is 0 Å². The van der Waals surface area contributed by atoms with Crippen LogP contribution in [-0.2, 0) is 4.79 Å². The summed E-state index contributed by atoms with van der Waals surface area (Å²) in [7, 11) is 0. The summed E-state index contributed by atoms with van der Waals surface area (Å²) < 4.78 is 0. The van der Waals surface area contributed by atoms with Crippen LogP contribution in [0.3, 0.4) is 0 Å². The van der Waals surface area contributed by atoms with Crippen molar-refractivity contribution in [1.29, 1.82) is 0 Å². The minimum absolute atomic E-state index is 0.0957. The topological polar surface area (TPSA) is 48.5 Å². The van der Waals surface area contributed by atoms with E-state index >= 15 is 0 Å². The van der Waals surface area contributed by atoms with Gasteiger partial charge in [0.25, 0.3) is 0 Å². The third-order valence-electron chi connectivity index (χ3n) is 5.19. The Balaban J connectivity index is 1.48. The zero-order valence-electron chi connectivity index (χ0n) is 16.6. The molecule has 144 valence electrons. The monoisotopic (exact) mass is 366 g/mol. The third-order valence-corrected chi connectivity index (χ3v) is 5.19. The van der Waals surface area contributed by atoms with Crippen molar-refractivity contribution in [3.8, 4) is 0 Å². The Hall–Kier alpha value is -2.40. The Labute approximate surface area is 162 Å². The van der Waals surface area contributed by atoms with E-state index in [0.717, 1.165) is 49.8 Å². The maximum atomic E-state index is 12.5.